The Hall–Kier alpha value is -1.80. The highest BCUT2D eigenvalue weighted by molar-refractivity contribution is 7.92. The zero-order valence-corrected chi connectivity index (χ0v) is 16.6. The lowest BCUT2D eigenvalue weighted by Crippen LogP contribution is -2.42. The Balaban J connectivity index is 2.21. The van der Waals surface area contributed by atoms with E-state index in [0.717, 1.165) is 18.4 Å². The van der Waals surface area contributed by atoms with Crippen LogP contribution in [0.15, 0.2) is 24.3 Å². The molecule has 8 heteroatoms. The minimum atomic E-state index is -3.60. The maximum Gasteiger partial charge on any atom is 0.240 e. The minimum absolute atomic E-state index is 0.224. The van der Waals surface area contributed by atoms with Crippen molar-refractivity contribution in [3.05, 3.63) is 24.3 Å². The highest BCUT2D eigenvalue weighted by Crippen LogP contribution is 2.31. The topological polar surface area (TPSA) is 79.0 Å². The summed E-state index contributed by atoms with van der Waals surface area (Å²) in [6, 6.07) is 7.29. The molecular weight excluding hydrogens is 354 g/mol. The van der Waals surface area contributed by atoms with Gasteiger partial charge in [-0.2, -0.15) is 0 Å². The number of para-hydroxylation sites is 2. The minimum Gasteiger partial charge on any atom is -0.378 e. The second kappa shape index (κ2) is 9.23. The van der Waals surface area contributed by atoms with Crippen molar-refractivity contribution >= 4 is 27.3 Å². The number of ether oxygens (including phenoxy) is 1. The van der Waals surface area contributed by atoms with Crippen molar-refractivity contribution < 1.29 is 17.9 Å². The van der Waals surface area contributed by atoms with Crippen molar-refractivity contribution in [2.24, 2.45) is 5.92 Å². The SMILES string of the molecule is CC(C)CCNC(=O)CN(c1ccccc1N1CCOCC1)S(C)(=O)=O. The van der Waals surface area contributed by atoms with Crippen LogP contribution in [0.4, 0.5) is 11.4 Å². The van der Waals surface area contributed by atoms with Crippen molar-refractivity contribution in [2.45, 2.75) is 20.3 Å². The Bertz CT molecular complexity index is 700. The number of anilines is 2. The van der Waals surface area contributed by atoms with Crippen LogP contribution in [-0.2, 0) is 19.6 Å². The molecule has 1 heterocycles. The van der Waals surface area contributed by atoms with Crippen molar-refractivity contribution in [1.82, 2.24) is 5.32 Å². The number of carbonyl (C=O) groups excluding carboxylic acids is 1. The average molecular weight is 384 g/mol. The molecule has 0 atom stereocenters. The molecule has 0 saturated carbocycles. The number of nitrogens with one attached hydrogen (secondary N) is 1. The van der Waals surface area contributed by atoms with Crippen molar-refractivity contribution in [3.63, 3.8) is 0 Å². The molecule has 1 aromatic carbocycles. The van der Waals surface area contributed by atoms with Crippen LogP contribution in [0.2, 0.25) is 0 Å². The van der Waals surface area contributed by atoms with Gasteiger partial charge in [0.2, 0.25) is 15.9 Å². The third-order valence-corrected chi connectivity index (χ3v) is 5.36. The lowest BCUT2D eigenvalue weighted by molar-refractivity contribution is -0.119. The number of hydrogen-bond acceptors (Lipinski definition) is 5. The van der Waals surface area contributed by atoms with Gasteiger partial charge in [-0.05, 0) is 24.5 Å². The van der Waals surface area contributed by atoms with Gasteiger partial charge < -0.3 is 15.0 Å². The zero-order chi connectivity index (χ0) is 19.2. The van der Waals surface area contributed by atoms with Crippen LogP contribution < -0.4 is 14.5 Å². The summed E-state index contributed by atoms with van der Waals surface area (Å²) in [5.41, 5.74) is 1.33. The second-order valence-corrected chi connectivity index (χ2v) is 8.80. The molecule has 1 aromatic rings. The monoisotopic (exact) mass is 383 g/mol. The average Bonchev–Trinajstić information content (AvgIpc) is 2.59. The van der Waals surface area contributed by atoms with Gasteiger partial charge in [0.05, 0.1) is 30.8 Å². The van der Waals surface area contributed by atoms with Gasteiger partial charge in [-0.1, -0.05) is 26.0 Å². The Labute approximate surface area is 156 Å². The molecule has 1 aliphatic heterocycles. The Morgan fingerprint density at radius 3 is 2.54 bits per heavy atom. The Morgan fingerprint density at radius 2 is 1.92 bits per heavy atom. The van der Waals surface area contributed by atoms with Gasteiger partial charge in [0.1, 0.15) is 6.54 Å². The number of amides is 1. The molecular formula is C18H29N3O4S. The highest BCUT2D eigenvalue weighted by atomic mass is 32.2. The molecule has 1 N–H and O–H groups in total. The van der Waals surface area contributed by atoms with E-state index in [1.165, 1.54) is 4.31 Å². The fourth-order valence-corrected chi connectivity index (χ4v) is 3.68. The standard InChI is InChI=1S/C18H29N3O4S/c1-15(2)8-9-19-18(22)14-21(26(3,23)24)17-7-5-4-6-16(17)20-10-12-25-13-11-20/h4-7,15H,8-14H2,1-3H3,(H,19,22). The van der Waals surface area contributed by atoms with Gasteiger partial charge in [-0.25, -0.2) is 8.42 Å². The number of benzene rings is 1. The van der Waals surface area contributed by atoms with Gasteiger partial charge in [0.15, 0.2) is 0 Å². The third-order valence-electron chi connectivity index (χ3n) is 4.23. The van der Waals surface area contributed by atoms with Crippen LogP contribution in [0.25, 0.3) is 0 Å². The van der Waals surface area contributed by atoms with Gasteiger partial charge >= 0.3 is 0 Å². The summed E-state index contributed by atoms with van der Waals surface area (Å²) in [5, 5.41) is 2.81. The molecule has 1 amide bonds. The predicted molar refractivity (Wildman–Crippen MR) is 104 cm³/mol. The van der Waals surface area contributed by atoms with Gasteiger partial charge in [0.25, 0.3) is 0 Å². The zero-order valence-electron chi connectivity index (χ0n) is 15.8. The first-order valence-electron chi connectivity index (χ1n) is 8.95. The second-order valence-electron chi connectivity index (χ2n) is 6.89. The molecule has 2 rings (SSSR count). The molecule has 1 fully saturated rings. The summed E-state index contributed by atoms with van der Waals surface area (Å²) in [5.74, 6) is 0.177. The van der Waals surface area contributed by atoms with Crippen LogP contribution in [0.3, 0.4) is 0 Å². The van der Waals surface area contributed by atoms with Crippen molar-refractivity contribution in [1.29, 1.82) is 0 Å². The number of hydrogen-bond donors (Lipinski definition) is 1. The summed E-state index contributed by atoms with van der Waals surface area (Å²) in [7, 11) is -3.60. The van der Waals surface area contributed by atoms with Crippen LogP contribution in [-0.4, -0.2) is 60.0 Å². The van der Waals surface area contributed by atoms with E-state index in [1.54, 1.807) is 12.1 Å². The van der Waals surface area contributed by atoms with E-state index in [1.807, 2.05) is 12.1 Å². The Morgan fingerprint density at radius 1 is 1.27 bits per heavy atom. The summed E-state index contributed by atoms with van der Waals surface area (Å²) in [6.07, 6.45) is 1.99. The number of sulfonamides is 1. The fraction of sp³-hybridized carbons (Fsp3) is 0.611. The molecule has 0 spiro atoms. The third kappa shape index (κ3) is 5.88. The summed E-state index contributed by atoms with van der Waals surface area (Å²) in [6.45, 7) is 7.05. The molecule has 1 saturated heterocycles. The van der Waals surface area contributed by atoms with Gasteiger partial charge in [0, 0.05) is 19.6 Å². The normalized spacial score (nSPS) is 15.2. The Kier molecular flexibility index (Phi) is 7.28. The number of rotatable bonds is 8. The summed E-state index contributed by atoms with van der Waals surface area (Å²) >= 11 is 0. The quantitative estimate of drug-likeness (QED) is 0.735. The maximum absolute atomic E-state index is 12.4. The number of morpholine rings is 1. The fourth-order valence-electron chi connectivity index (χ4n) is 2.81. The van der Waals surface area contributed by atoms with E-state index in [0.29, 0.717) is 44.5 Å². The van der Waals surface area contributed by atoms with E-state index < -0.39 is 10.0 Å². The number of carbonyl (C=O) groups is 1. The molecule has 0 bridgehead atoms. The first kappa shape index (κ1) is 20.5. The van der Waals surface area contributed by atoms with Crippen molar-refractivity contribution in [3.8, 4) is 0 Å². The maximum atomic E-state index is 12.4. The summed E-state index contributed by atoms with van der Waals surface area (Å²) in [4.78, 5) is 14.4. The van der Waals surface area contributed by atoms with E-state index in [9.17, 15) is 13.2 Å². The van der Waals surface area contributed by atoms with Crippen LogP contribution >= 0.6 is 0 Å². The first-order chi connectivity index (χ1) is 12.3. The molecule has 0 unspecified atom stereocenters. The molecule has 26 heavy (non-hydrogen) atoms. The smallest absolute Gasteiger partial charge is 0.240 e. The lowest BCUT2D eigenvalue weighted by atomic mass is 10.1. The molecule has 0 radical (unpaired) electrons. The molecule has 146 valence electrons. The molecule has 7 nitrogen and oxygen atoms in total. The van der Waals surface area contributed by atoms with E-state index in [4.69, 9.17) is 4.74 Å². The number of nitrogens with zero attached hydrogens (tertiary/aromatic N) is 2. The van der Waals surface area contributed by atoms with Crippen molar-refractivity contribution in [2.75, 3.05) is 54.9 Å². The van der Waals surface area contributed by atoms with E-state index >= 15 is 0 Å². The predicted octanol–water partition coefficient (Wildman–Crippen LogP) is 1.45. The first-order valence-corrected chi connectivity index (χ1v) is 10.8. The van der Waals surface area contributed by atoms with E-state index in [2.05, 4.69) is 24.1 Å². The van der Waals surface area contributed by atoms with Crippen LogP contribution in [0.5, 0.6) is 0 Å². The molecule has 1 aliphatic rings. The van der Waals surface area contributed by atoms with E-state index in [-0.39, 0.29) is 12.5 Å². The lowest BCUT2D eigenvalue weighted by Gasteiger charge is -2.33. The summed E-state index contributed by atoms with van der Waals surface area (Å²) < 4.78 is 31.3. The van der Waals surface area contributed by atoms with Crippen LogP contribution in [0, 0.1) is 5.92 Å². The molecule has 0 aromatic heterocycles. The van der Waals surface area contributed by atoms with Gasteiger partial charge in [-0.3, -0.25) is 9.10 Å². The molecule has 0 aliphatic carbocycles. The highest BCUT2D eigenvalue weighted by Gasteiger charge is 2.25. The van der Waals surface area contributed by atoms with Crippen LogP contribution in [0.1, 0.15) is 20.3 Å². The largest absolute Gasteiger partial charge is 0.378 e. The van der Waals surface area contributed by atoms with Gasteiger partial charge in [-0.15, -0.1) is 0 Å².